The van der Waals surface area contributed by atoms with Crippen molar-refractivity contribution in [3.05, 3.63) is 23.8 Å². The van der Waals surface area contributed by atoms with Crippen LogP contribution in [0.4, 0.5) is 0 Å². The van der Waals surface area contributed by atoms with Gasteiger partial charge in [0.25, 0.3) is 10.1 Å². The molecule has 240 valence electrons. The van der Waals surface area contributed by atoms with Crippen molar-refractivity contribution in [2.45, 2.75) is 115 Å². The quantitative estimate of drug-likeness (QED) is 0.0941. The van der Waals surface area contributed by atoms with E-state index in [-0.39, 0.29) is 36.4 Å². The van der Waals surface area contributed by atoms with Gasteiger partial charge in [0.2, 0.25) is 0 Å². The third kappa shape index (κ3) is 10.1. The van der Waals surface area contributed by atoms with Crippen LogP contribution in [0.1, 0.15) is 90.4 Å². The van der Waals surface area contributed by atoms with Crippen molar-refractivity contribution in [2.75, 3.05) is 33.2 Å². The van der Waals surface area contributed by atoms with Gasteiger partial charge in [0.05, 0.1) is 25.6 Å². The molecular weight excluding hydrogens is 560 g/mol. The number of carbonyl (C=O) groups is 1. The van der Waals surface area contributed by atoms with Crippen LogP contribution in [0, 0.1) is 23.7 Å². The summed E-state index contributed by atoms with van der Waals surface area (Å²) in [6.45, 7) is 3.95. The number of hydrogen-bond acceptors (Lipinski definition) is 9. The van der Waals surface area contributed by atoms with Crippen molar-refractivity contribution >= 4 is 16.1 Å². The van der Waals surface area contributed by atoms with Gasteiger partial charge in [0.15, 0.2) is 12.6 Å². The van der Waals surface area contributed by atoms with Gasteiger partial charge in [0.1, 0.15) is 5.92 Å². The molecule has 10 heteroatoms. The van der Waals surface area contributed by atoms with Crippen LogP contribution in [0.3, 0.4) is 0 Å². The Bertz CT molecular complexity index is 997. The van der Waals surface area contributed by atoms with E-state index >= 15 is 0 Å². The number of allylic oxidation sites excluding steroid dienone is 2. The maximum absolute atomic E-state index is 12.8. The maximum Gasteiger partial charge on any atom is 0.315 e. The first-order valence-electron chi connectivity index (χ1n) is 16.1. The third-order valence-corrected chi connectivity index (χ3v) is 9.71. The lowest BCUT2D eigenvalue weighted by Crippen LogP contribution is -2.33. The van der Waals surface area contributed by atoms with Gasteiger partial charge in [-0.1, -0.05) is 36.6 Å². The van der Waals surface area contributed by atoms with Gasteiger partial charge in [-0.05, 0) is 89.4 Å². The van der Waals surface area contributed by atoms with Crippen LogP contribution >= 0.6 is 0 Å². The Labute approximate surface area is 252 Å². The zero-order chi connectivity index (χ0) is 30.0. The molecule has 0 spiro atoms. The second-order valence-corrected chi connectivity index (χ2v) is 14.0. The van der Waals surface area contributed by atoms with Gasteiger partial charge in [0, 0.05) is 25.7 Å². The van der Waals surface area contributed by atoms with Gasteiger partial charge in [-0.15, -0.1) is 0 Å². The van der Waals surface area contributed by atoms with E-state index in [9.17, 15) is 13.2 Å². The van der Waals surface area contributed by atoms with E-state index in [0.717, 1.165) is 102 Å². The molecule has 8 atom stereocenters. The molecule has 0 aromatic rings. The largest absolute Gasteiger partial charge is 0.468 e. The molecule has 0 bridgehead atoms. The van der Waals surface area contributed by atoms with Gasteiger partial charge in [-0.3, -0.25) is 8.98 Å². The van der Waals surface area contributed by atoms with Crippen molar-refractivity contribution in [2.24, 2.45) is 23.7 Å². The summed E-state index contributed by atoms with van der Waals surface area (Å²) in [5, 5.41) is 0. The predicted octanol–water partition coefficient (Wildman–Crippen LogP) is 5.68. The lowest BCUT2D eigenvalue weighted by molar-refractivity contribution is -0.192. The van der Waals surface area contributed by atoms with Crippen LogP contribution in [0.15, 0.2) is 23.8 Å². The highest BCUT2D eigenvalue weighted by atomic mass is 32.2. The number of carbonyl (C=O) groups excluding carboxylic acids is 1. The molecule has 42 heavy (non-hydrogen) atoms. The van der Waals surface area contributed by atoms with Crippen molar-refractivity contribution in [3.63, 3.8) is 0 Å². The molecule has 4 rings (SSSR count). The minimum Gasteiger partial charge on any atom is -0.468 e. The zero-order valence-corrected chi connectivity index (χ0v) is 26.6. The first-order chi connectivity index (χ1) is 20.2. The summed E-state index contributed by atoms with van der Waals surface area (Å²) in [6.07, 6.45) is 20.3. The number of methoxy groups -OCH3 is 1. The Balaban J connectivity index is 1.31. The second-order valence-electron chi connectivity index (χ2n) is 12.4. The molecule has 2 aliphatic heterocycles. The van der Waals surface area contributed by atoms with E-state index in [1.807, 2.05) is 0 Å². The van der Waals surface area contributed by atoms with Crippen molar-refractivity contribution in [1.29, 1.82) is 0 Å². The smallest absolute Gasteiger partial charge is 0.315 e. The highest BCUT2D eigenvalue weighted by molar-refractivity contribution is 7.86. The zero-order valence-electron chi connectivity index (χ0n) is 25.7. The molecule has 6 unspecified atom stereocenters. The molecule has 3 fully saturated rings. The second kappa shape index (κ2) is 16.7. The highest BCUT2D eigenvalue weighted by Gasteiger charge is 2.48. The van der Waals surface area contributed by atoms with Crippen LogP contribution in [0.2, 0.25) is 0 Å². The van der Waals surface area contributed by atoms with E-state index in [1.165, 1.54) is 13.5 Å². The van der Waals surface area contributed by atoms with Gasteiger partial charge in [-0.2, -0.15) is 8.42 Å². The van der Waals surface area contributed by atoms with Crippen LogP contribution in [0.25, 0.3) is 0 Å². The van der Waals surface area contributed by atoms with E-state index < -0.39 is 28.1 Å². The van der Waals surface area contributed by atoms with Gasteiger partial charge in [-0.25, -0.2) is 0 Å². The van der Waals surface area contributed by atoms with Crippen LogP contribution in [-0.4, -0.2) is 72.4 Å². The summed E-state index contributed by atoms with van der Waals surface area (Å²) >= 11 is 0. The van der Waals surface area contributed by atoms with Crippen molar-refractivity contribution < 1.29 is 41.1 Å². The molecule has 9 nitrogen and oxygen atoms in total. The fraction of sp³-hybridized carbons (Fsp3) is 0.844. The Hall–Kier alpha value is -1.30. The van der Waals surface area contributed by atoms with Crippen LogP contribution < -0.4 is 0 Å². The molecule has 0 radical (unpaired) electrons. The van der Waals surface area contributed by atoms with E-state index in [2.05, 4.69) is 18.2 Å². The Morgan fingerprint density at radius 1 is 1.05 bits per heavy atom. The molecule has 0 aromatic heterocycles. The topological polar surface area (TPSA) is 107 Å². The number of ether oxygens (including phenoxy) is 5. The molecule has 0 amide bonds. The average Bonchev–Trinajstić information content (AvgIpc) is 3.50. The predicted molar refractivity (Wildman–Crippen MR) is 159 cm³/mol. The fourth-order valence-corrected chi connectivity index (χ4v) is 7.71. The monoisotopic (exact) mass is 612 g/mol. The number of rotatable bonds is 16. The lowest BCUT2D eigenvalue weighted by Gasteiger charge is -2.30. The number of fused-ring (bicyclic) bond motifs is 1. The summed E-state index contributed by atoms with van der Waals surface area (Å²) < 4.78 is 57.8. The number of esters is 1. The minimum atomic E-state index is -3.72. The average molecular weight is 613 g/mol. The molecular formula is C32H52O9S. The molecule has 1 saturated carbocycles. The molecule has 4 aliphatic rings. The SMILES string of the molecule is COC(=O)C(C1=CC2C[C@@H](OC3CCCCO3)[C@H](C=CCCCCCCOC3CCCCO3)C2C1)C(C)OS(C)(=O)=O. The maximum atomic E-state index is 12.8. The van der Waals surface area contributed by atoms with Crippen molar-refractivity contribution in [1.82, 2.24) is 0 Å². The Morgan fingerprint density at radius 3 is 2.43 bits per heavy atom. The van der Waals surface area contributed by atoms with Gasteiger partial charge < -0.3 is 23.7 Å². The van der Waals surface area contributed by atoms with Crippen molar-refractivity contribution in [3.8, 4) is 0 Å². The summed E-state index contributed by atoms with van der Waals surface area (Å²) in [6, 6.07) is 0. The summed E-state index contributed by atoms with van der Waals surface area (Å²) in [5.41, 5.74) is 0.902. The summed E-state index contributed by atoms with van der Waals surface area (Å²) in [4.78, 5) is 12.8. The minimum absolute atomic E-state index is 0.00462. The normalized spacial score (nSPS) is 31.5. The van der Waals surface area contributed by atoms with E-state index in [1.54, 1.807) is 6.92 Å². The number of hydrogen-bond donors (Lipinski definition) is 0. The molecule has 0 N–H and O–H groups in total. The Kier molecular flexibility index (Phi) is 13.3. The first-order valence-corrected chi connectivity index (χ1v) is 17.9. The number of unbranched alkanes of at least 4 members (excludes halogenated alkanes) is 4. The van der Waals surface area contributed by atoms with Crippen LogP contribution in [0.5, 0.6) is 0 Å². The standard InChI is InChI=1S/C32H52O9S/c1-23(41-42(3,34)35)31(32(33)36-2)25-20-24-22-28(40-30-16-10-13-19-39-30)26(27(24)21-25)14-8-6-4-5-7-11-17-37-29-15-9-12-18-38-29/h8,14,20,23-24,26-31H,4-7,9-13,15-19,21-22H2,1-3H3/t23?,24?,26-,27?,28-,29?,30?,31?/m1/s1. The van der Waals surface area contributed by atoms with Gasteiger partial charge >= 0.3 is 5.97 Å². The van der Waals surface area contributed by atoms with E-state index in [4.69, 9.17) is 27.9 Å². The Morgan fingerprint density at radius 2 is 1.76 bits per heavy atom. The lowest BCUT2D eigenvalue weighted by atomic mass is 9.85. The van der Waals surface area contributed by atoms with Crippen LogP contribution in [-0.2, 0) is 42.8 Å². The summed E-state index contributed by atoms with van der Waals surface area (Å²) in [5.74, 6) is -0.502. The van der Waals surface area contributed by atoms with E-state index in [0.29, 0.717) is 6.42 Å². The molecule has 2 saturated heterocycles. The summed E-state index contributed by atoms with van der Waals surface area (Å²) in [7, 11) is -2.39. The third-order valence-electron chi connectivity index (χ3n) is 9.06. The first kappa shape index (κ1) is 33.6. The fourth-order valence-electron chi connectivity index (χ4n) is 7.04. The molecule has 0 aromatic carbocycles. The molecule has 2 aliphatic carbocycles. The molecule has 2 heterocycles. The highest BCUT2D eigenvalue weighted by Crippen LogP contribution is 2.51.